The zero-order chi connectivity index (χ0) is 50.7. The zero-order valence-corrected chi connectivity index (χ0v) is 43.8. The molecule has 0 radical (unpaired) electrons. The maximum atomic E-state index is 8.75. The van der Waals surface area contributed by atoms with E-state index in [1.807, 2.05) is 13.8 Å². The molecule has 5 heterocycles. The van der Waals surface area contributed by atoms with E-state index in [9.17, 15) is 0 Å². The Labute approximate surface area is 422 Å². The summed E-state index contributed by atoms with van der Waals surface area (Å²) in [5.41, 5.74) is 21.4. The Hall–Kier alpha value is -7.04. The lowest BCUT2D eigenvalue weighted by Crippen LogP contribution is -2.78. The zero-order valence-electron chi connectivity index (χ0n) is 44.8. The van der Waals surface area contributed by atoms with Gasteiger partial charge in [-0.3, -0.25) is 0 Å². The summed E-state index contributed by atoms with van der Waals surface area (Å²) in [6.07, 6.45) is 2.27. The van der Waals surface area contributed by atoms with Crippen LogP contribution in [0.25, 0.3) is 83.9 Å². The number of fused-ring (bicyclic) bond motifs is 5. The number of nitrogens with zero attached hydrogens (tertiary/aromatic N) is 3. The number of aromatic nitrogens is 3. The van der Waals surface area contributed by atoms with Crippen LogP contribution < -0.4 is 13.9 Å². The van der Waals surface area contributed by atoms with Crippen LogP contribution in [0.15, 0.2) is 164 Å². The quantitative estimate of drug-likeness (QED) is 0.152. The van der Waals surface area contributed by atoms with E-state index in [1.54, 1.807) is 0 Å². The molecule has 0 bridgehead atoms. The highest BCUT2D eigenvalue weighted by Gasteiger charge is 2.69. The van der Waals surface area contributed by atoms with Crippen LogP contribution in [-0.2, 0) is 22.1 Å². The molecule has 0 amide bonds. The second-order valence-electron chi connectivity index (χ2n) is 24.3. The molecule has 4 nitrogen and oxygen atoms in total. The van der Waals surface area contributed by atoms with Crippen LogP contribution in [0, 0.1) is 5.41 Å². The molecule has 3 aliphatic rings. The minimum Gasteiger partial charge on any atom is -0.392 e. The number of rotatable bonds is 6. The van der Waals surface area contributed by atoms with E-state index in [2.05, 4.69) is 254 Å². The van der Waals surface area contributed by atoms with Gasteiger partial charge in [0.15, 0.2) is 23.0 Å². The van der Waals surface area contributed by atoms with E-state index in [0.29, 0.717) is 0 Å². The van der Waals surface area contributed by atoms with Crippen molar-refractivity contribution in [1.29, 1.82) is 0 Å². The molecule has 1 spiro atoms. The average molecular weight is 931 g/mol. The SMILES string of the molecule is [2H]C(C)(C)c1ccc(-c2cc[n+]3c(c2)-c2cc(-c4ccccc4)cc4c2C32Oc3c(cc(C(C)(C)C)cc3C(C)(C)C)-c3n(-c5ccc(C(C)(C)C(C)(C)C)cc5-c5ccccc5)c5cccc-4c5[n+]32)cc1. The average Bonchev–Trinajstić information content (AvgIpc) is 3.84. The van der Waals surface area contributed by atoms with Gasteiger partial charge >= 0.3 is 11.7 Å². The second-order valence-corrected chi connectivity index (χ2v) is 24.3. The van der Waals surface area contributed by atoms with Crippen LogP contribution in [0.1, 0.15) is 125 Å². The summed E-state index contributed by atoms with van der Waals surface area (Å²) in [5.74, 6) is 0.176. The highest BCUT2D eigenvalue weighted by atomic mass is 16.5. The first-order valence-corrected chi connectivity index (χ1v) is 25.6. The van der Waals surface area contributed by atoms with Gasteiger partial charge in [-0.05, 0) is 115 Å². The van der Waals surface area contributed by atoms with Crippen LogP contribution >= 0.6 is 0 Å². The number of pyridine rings is 1. The van der Waals surface area contributed by atoms with Gasteiger partial charge in [0.25, 0.3) is 0 Å². The summed E-state index contributed by atoms with van der Waals surface area (Å²) in [6, 6.07) is 58.9. The van der Waals surface area contributed by atoms with Crippen molar-refractivity contribution < 1.29 is 15.2 Å². The summed E-state index contributed by atoms with van der Waals surface area (Å²) < 4.78 is 24.6. The summed E-state index contributed by atoms with van der Waals surface area (Å²) in [7, 11) is 0. The Morgan fingerprint density at radius 3 is 1.83 bits per heavy atom. The van der Waals surface area contributed by atoms with Crippen molar-refractivity contribution >= 4 is 11.0 Å². The number of para-hydroxylation sites is 1. The molecule has 4 heteroatoms. The third-order valence-corrected chi connectivity index (χ3v) is 16.6. The molecule has 2 aromatic heterocycles. The Morgan fingerprint density at radius 2 is 1.18 bits per heavy atom. The standard InChI is InChI=1S/C67H67N3O/c1-41(2)42-27-29-44(30-28-42)46-33-34-68-58(37-46)53-36-47(43-21-16-14-17-22-43)35-52-50-25-20-26-57-60(50)70-62(54-39-49(63(3,4)5)40-55(64(6,7)8)61(54)71-67(68,70)59(52)53)69(57)56-32-31-48(66(12,13)65(9,10)11)38-51(56)45-23-18-15-19-24-45/h14-41H,1-13H3/q+2/i41D. The van der Waals surface area contributed by atoms with E-state index < -0.39 is 11.7 Å². The topological polar surface area (TPSA) is 21.9 Å². The van der Waals surface area contributed by atoms with Crippen molar-refractivity contribution in [2.24, 2.45) is 5.41 Å². The van der Waals surface area contributed by atoms with Crippen molar-refractivity contribution in [2.75, 3.05) is 0 Å². The van der Waals surface area contributed by atoms with E-state index in [-0.39, 0.29) is 21.7 Å². The molecule has 1 unspecified atom stereocenters. The van der Waals surface area contributed by atoms with Crippen LogP contribution in [0.2, 0.25) is 0 Å². The molecule has 3 aliphatic heterocycles. The highest BCUT2D eigenvalue weighted by molar-refractivity contribution is 6.00. The fourth-order valence-corrected chi connectivity index (χ4v) is 11.5. The molecule has 354 valence electrons. The van der Waals surface area contributed by atoms with E-state index in [0.717, 1.165) is 72.9 Å². The normalized spacial score (nSPS) is 16.0. The van der Waals surface area contributed by atoms with E-state index in [1.165, 1.54) is 44.5 Å². The largest absolute Gasteiger partial charge is 0.499 e. The van der Waals surface area contributed by atoms with Crippen molar-refractivity contribution in [3.8, 4) is 78.6 Å². The fourth-order valence-electron chi connectivity index (χ4n) is 11.5. The van der Waals surface area contributed by atoms with Gasteiger partial charge in [0.2, 0.25) is 5.69 Å². The van der Waals surface area contributed by atoms with Gasteiger partial charge in [-0.25, -0.2) is 0 Å². The molecule has 0 saturated heterocycles. The number of ether oxygens (including phenoxy) is 1. The van der Waals surface area contributed by atoms with Gasteiger partial charge < -0.3 is 4.74 Å². The Balaban J connectivity index is 1.26. The number of hydrogen-bond donors (Lipinski definition) is 0. The lowest BCUT2D eigenvalue weighted by molar-refractivity contribution is -0.997. The molecule has 9 aromatic rings. The highest BCUT2D eigenvalue weighted by Crippen LogP contribution is 2.57. The van der Waals surface area contributed by atoms with Gasteiger partial charge in [-0.1, -0.05) is 193 Å². The van der Waals surface area contributed by atoms with Crippen LogP contribution in [0.4, 0.5) is 0 Å². The van der Waals surface area contributed by atoms with E-state index >= 15 is 0 Å². The third-order valence-electron chi connectivity index (χ3n) is 16.6. The van der Waals surface area contributed by atoms with E-state index in [4.69, 9.17) is 6.11 Å². The molecule has 1 atom stereocenters. The summed E-state index contributed by atoms with van der Waals surface area (Å²) in [5, 5.41) is 0. The minimum absolute atomic E-state index is 0.0119. The molecular weight excluding hydrogens is 863 g/mol. The molecule has 7 aromatic carbocycles. The Morgan fingerprint density at radius 1 is 0.535 bits per heavy atom. The predicted molar refractivity (Wildman–Crippen MR) is 293 cm³/mol. The molecular formula is C67H67N3O+2. The van der Waals surface area contributed by atoms with Crippen LogP contribution in [0.5, 0.6) is 5.75 Å². The predicted octanol–water partition coefficient (Wildman–Crippen LogP) is 16.5. The van der Waals surface area contributed by atoms with Gasteiger partial charge in [0, 0.05) is 35.8 Å². The van der Waals surface area contributed by atoms with Gasteiger partial charge in [-0.2, -0.15) is 4.57 Å². The van der Waals surface area contributed by atoms with Gasteiger partial charge in [-0.15, -0.1) is 9.13 Å². The lowest BCUT2D eigenvalue weighted by Gasteiger charge is -2.39. The van der Waals surface area contributed by atoms with Gasteiger partial charge in [0.1, 0.15) is 16.8 Å². The monoisotopic (exact) mass is 931 g/mol. The molecule has 12 rings (SSSR count). The smallest absolute Gasteiger partial charge is 0.392 e. The number of hydrogen-bond acceptors (Lipinski definition) is 1. The molecule has 71 heavy (non-hydrogen) atoms. The summed E-state index contributed by atoms with van der Waals surface area (Å²) in [4.78, 5) is 0. The number of benzene rings is 7. The second kappa shape index (κ2) is 15.2. The Bertz CT molecular complexity index is 3700. The van der Waals surface area contributed by atoms with Crippen molar-refractivity contribution in [1.82, 2.24) is 4.57 Å². The summed E-state index contributed by atoms with van der Waals surface area (Å²) >= 11 is 0. The first-order valence-electron chi connectivity index (χ1n) is 26.1. The maximum absolute atomic E-state index is 8.75. The van der Waals surface area contributed by atoms with Crippen molar-refractivity contribution in [3.63, 3.8) is 0 Å². The lowest BCUT2D eigenvalue weighted by atomic mass is 9.65. The molecule has 0 fully saturated rings. The van der Waals surface area contributed by atoms with Crippen LogP contribution in [-0.4, -0.2) is 4.57 Å². The Kier molecular flexibility index (Phi) is 9.43. The molecule has 0 N–H and O–H groups in total. The molecule has 0 aliphatic carbocycles. The third kappa shape index (κ3) is 6.55. The first kappa shape index (κ1) is 43.9. The first-order chi connectivity index (χ1) is 34.0. The minimum atomic E-state index is -1.14. The number of imidazole rings is 1. The van der Waals surface area contributed by atoms with Gasteiger partial charge in [0.05, 0.1) is 5.56 Å². The fraction of sp³-hybridized carbons (Fsp3) is 0.284. The van der Waals surface area contributed by atoms with Crippen molar-refractivity contribution in [2.45, 2.75) is 118 Å². The summed E-state index contributed by atoms with van der Waals surface area (Å²) in [6.45, 7) is 29.7. The molecule has 0 saturated carbocycles. The van der Waals surface area contributed by atoms with Crippen molar-refractivity contribution in [3.05, 3.63) is 192 Å². The maximum Gasteiger partial charge on any atom is 0.499 e. The van der Waals surface area contributed by atoms with Crippen LogP contribution in [0.3, 0.4) is 0 Å².